The van der Waals surface area contributed by atoms with E-state index in [2.05, 4.69) is 10.6 Å². The van der Waals surface area contributed by atoms with Crippen LogP contribution in [-0.4, -0.2) is 17.4 Å². The van der Waals surface area contributed by atoms with Crippen LogP contribution in [0.15, 0.2) is 24.3 Å². The van der Waals surface area contributed by atoms with E-state index >= 15 is 0 Å². The minimum absolute atomic E-state index is 0.00246. The van der Waals surface area contributed by atoms with Crippen molar-refractivity contribution in [2.24, 2.45) is 40.9 Å². The van der Waals surface area contributed by atoms with E-state index in [0.717, 1.165) is 54.8 Å². The Labute approximate surface area is 197 Å². The monoisotopic (exact) mass is 446 g/mol. The van der Waals surface area contributed by atoms with Crippen LogP contribution in [0.25, 0.3) is 0 Å². The Balaban J connectivity index is 1.06. The topological polar surface area (TPSA) is 58.2 Å². The number of amides is 2. The van der Waals surface area contributed by atoms with Gasteiger partial charge in [0.15, 0.2) is 0 Å². The first-order valence-corrected chi connectivity index (χ1v) is 13.7. The van der Waals surface area contributed by atoms with Gasteiger partial charge in [0.1, 0.15) is 0 Å². The SMILES string of the molecule is O=C(CC12CC3CC(CC(C3)C1)C2)Nc1ccccc1C(=O)NC12CC3CC(CC(C3)C1)C2. The minimum atomic E-state index is -0.0118. The third kappa shape index (κ3) is 3.63. The molecule has 0 heterocycles. The summed E-state index contributed by atoms with van der Waals surface area (Å²) in [4.78, 5) is 26.7. The minimum Gasteiger partial charge on any atom is -0.347 e. The Morgan fingerprint density at radius 2 is 1.21 bits per heavy atom. The molecule has 0 aliphatic heterocycles. The van der Waals surface area contributed by atoms with Gasteiger partial charge in [-0.25, -0.2) is 0 Å². The quantitative estimate of drug-likeness (QED) is 0.589. The second-order valence-corrected chi connectivity index (χ2v) is 13.3. The zero-order chi connectivity index (χ0) is 22.2. The molecular formula is C29H38N2O2. The molecule has 9 rings (SSSR count). The summed E-state index contributed by atoms with van der Waals surface area (Å²) in [6.07, 6.45) is 16.1. The van der Waals surface area contributed by atoms with Crippen molar-refractivity contribution in [2.75, 3.05) is 5.32 Å². The van der Waals surface area contributed by atoms with Crippen molar-refractivity contribution >= 4 is 17.5 Å². The molecule has 8 saturated carbocycles. The summed E-state index contributed by atoms with van der Waals surface area (Å²) in [5, 5.41) is 6.67. The van der Waals surface area contributed by atoms with Crippen molar-refractivity contribution in [1.29, 1.82) is 0 Å². The highest BCUT2D eigenvalue weighted by atomic mass is 16.2. The first kappa shape index (κ1) is 20.5. The van der Waals surface area contributed by atoms with Crippen LogP contribution in [0.2, 0.25) is 0 Å². The average Bonchev–Trinajstić information content (AvgIpc) is 2.71. The van der Waals surface area contributed by atoms with Gasteiger partial charge in [0.25, 0.3) is 5.91 Å². The van der Waals surface area contributed by atoms with Crippen molar-refractivity contribution < 1.29 is 9.59 Å². The lowest BCUT2D eigenvalue weighted by Crippen LogP contribution is -2.59. The Morgan fingerprint density at radius 3 is 1.76 bits per heavy atom. The normalized spacial score (nSPS) is 44.1. The molecule has 8 aliphatic carbocycles. The standard InChI is InChI=1S/C29H38N2O2/c32-26(17-28-11-18-5-19(12-28)7-20(6-18)13-28)30-25-4-2-1-3-24(25)27(33)31-29-14-21-8-22(15-29)10-23(9-21)16-29/h1-4,18-23H,5-17H2,(H,30,32)(H,31,33). The molecule has 1 aromatic carbocycles. The number of hydrogen-bond donors (Lipinski definition) is 2. The van der Waals surface area contributed by atoms with Crippen LogP contribution in [0.1, 0.15) is 93.8 Å². The summed E-state index contributed by atoms with van der Waals surface area (Å²) < 4.78 is 0. The molecule has 4 heteroatoms. The second-order valence-electron chi connectivity index (χ2n) is 13.3. The molecule has 4 nitrogen and oxygen atoms in total. The number of para-hydroxylation sites is 1. The van der Waals surface area contributed by atoms with E-state index in [9.17, 15) is 9.59 Å². The first-order valence-electron chi connectivity index (χ1n) is 13.7. The number of carbonyl (C=O) groups is 2. The molecule has 0 aromatic heterocycles. The maximum Gasteiger partial charge on any atom is 0.253 e. The van der Waals surface area contributed by atoms with Crippen LogP contribution in [0.4, 0.5) is 5.69 Å². The Hall–Kier alpha value is -1.84. The van der Waals surface area contributed by atoms with E-state index in [4.69, 9.17) is 0 Å². The average molecular weight is 447 g/mol. The van der Waals surface area contributed by atoms with E-state index < -0.39 is 0 Å². The van der Waals surface area contributed by atoms with Crippen molar-refractivity contribution in [3.8, 4) is 0 Å². The van der Waals surface area contributed by atoms with Crippen LogP contribution < -0.4 is 10.6 Å². The molecule has 2 amide bonds. The molecule has 0 radical (unpaired) electrons. The lowest BCUT2D eigenvalue weighted by atomic mass is 9.49. The van der Waals surface area contributed by atoms with Gasteiger partial charge in [0, 0.05) is 12.0 Å². The fourth-order valence-corrected chi connectivity index (χ4v) is 10.4. The van der Waals surface area contributed by atoms with Gasteiger partial charge in [0.05, 0.1) is 11.3 Å². The number of nitrogens with one attached hydrogen (secondary N) is 2. The van der Waals surface area contributed by atoms with Gasteiger partial charge >= 0.3 is 0 Å². The van der Waals surface area contributed by atoms with Gasteiger partial charge in [-0.2, -0.15) is 0 Å². The molecule has 0 unspecified atom stereocenters. The van der Waals surface area contributed by atoms with Crippen molar-refractivity contribution in [2.45, 2.75) is 89.0 Å². The number of hydrogen-bond acceptors (Lipinski definition) is 2. The number of carbonyl (C=O) groups excluding carboxylic acids is 2. The smallest absolute Gasteiger partial charge is 0.253 e. The molecule has 8 fully saturated rings. The molecule has 2 N–H and O–H groups in total. The molecule has 0 spiro atoms. The van der Waals surface area contributed by atoms with E-state index in [-0.39, 0.29) is 22.8 Å². The van der Waals surface area contributed by atoms with Crippen LogP contribution in [-0.2, 0) is 4.79 Å². The Kier molecular flexibility index (Phi) is 4.56. The lowest BCUT2D eigenvalue weighted by Gasteiger charge is -2.57. The predicted molar refractivity (Wildman–Crippen MR) is 129 cm³/mol. The summed E-state index contributed by atoms with van der Waals surface area (Å²) in [7, 11) is 0. The third-order valence-electron chi connectivity index (χ3n) is 10.6. The zero-order valence-electron chi connectivity index (χ0n) is 19.8. The fraction of sp³-hybridized carbons (Fsp3) is 0.724. The molecule has 8 bridgehead atoms. The van der Waals surface area contributed by atoms with E-state index in [1.165, 1.54) is 57.8 Å². The molecule has 1 aromatic rings. The first-order chi connectivity index (χ1) is 15.9. The highest BCUT2D eigenvalue weighted by molar-refractivity contribution is 6.04. The van der Waals surface area contributed by atoms with Crippen molar-refractivity contribution in [3.63, 3.8) is 0 Å². The van der Waals surface area contributed by atoms with Crippen LogP contribution in [0.3, 0.4) is 0 Å². The Bertz CT molecular complexity index is 911. The molecule has 0 saturated heterocycles. The largest absolute Gasteiger partial charge is 0.347 e. The summed E-state index contributed by atoms with van der Waals surface area (Å²) in [5.74, 6) is 5.05. The van der Waals surface area contributed by atoms with Crippen LogP contribution in [0, 0.1) is 40.9 Å². The summed E-state index contributed by atoms with van der Waals surface area (Å²) >= 11 is 0. The van der Waals surface area contributed by atoms with Gasteiger partial charge in [0.2, 0.25) is 5.91 Å². The summed E-state index contributed by atoms with van der Waals surface area (Å²) in [6.45, 7) is 0. The number of benzene rings is 1. The van der Waals surface area contributed by atoms with Gasteiger partial charge in [-0.05, 0) is 130 Å². The molecule has 33 heavy (non-hydrogen) atoms. The van der Waals surface area contributed by atoms with Gasteiger partial charge in [-0.1, -0.05) is 12.1 Å². The maximum atomic E-state index is 13.5. The van der Waals surface area contributed by atoms with Crippen LogP contribution >= 0.6 is 0 Å². The van der Waals surface area contributed by atoms with E-state index in [0.29, 0.717) is 17.7 Å². The van der Waals surface area contributed by atoms with Crippen molar-refractivity contribution in [3.05, 3.63) is 29.8 Å². The summed E-state index contributed by atoms with van der Waals surface area (Å²) in [6, 6.07) is 7.65. The highest BCUT2D eigenvalue weighted by Crippen LogP contribution is 2.61. The number of anilines is 1. The molecule has 176 valence electrons. The Morgan fingerprint density at radius 1 is 0.727 bits per heavy atom. The van der Waals surface area contributed by atoms with Gasteiger partial charge in [-0.15, -0.1) is 0 Å². The third-order valence-corrected chi connectivity index (χ3v) is 10.6. The number of rotatable bonds is 5. The predicted octanol–water partition coefficient (Wildman–Crippen LogP) is 5.93. The van der Waals surface area contributed by atoms with E-state index in [1.54, 1.807) is 0 Å². The van der Waals surface area contributed by atoms with Crippen LogP contribution in [0.5, 0.6) is 0 Å². The molecule has 8 aliphatic rings. The highest BCUT2D eigenvalue weighted by Gasteiger charge is 2.52. The van der Waals surface area contributed by atoms with E-state index in [1.807, 2.05) is 24.3 Å². The lowest BCUT2D eigenvalue weighted by molar-refractivity contribution is -0.124. The fourth-order valence-electron chi connectivity index (χ4n) is 10.4. The van der Waals surface area contributed by atoms with Gasteiger partial charge in [-0.3, -0.25) is 9.59 Å². The second kappa shape index (κ2) is 7.33. The van der Waals surface area contributed by atoms with Crippen molar-refractivity contribution in [1.82, 2.24) is 5.32 Å². The molecule has 0 atom stereocenters. The molecular weight excluding hydrogens is 408 g/mol. The van der Waals surface area contributed by atoms with Gasteiger partial charge < -0.3 is 10.6 Å². The maximum absolute atomic E-state index is 13.5. The zero-order valence-corrected chi connectivity index (χ0v) is 19.8. The summed E-state index contributed by atoms with van der Waals surface area (Å²) in [5.41, 5.74) is 1.53.